The van der Waals surface area contributed by atoms with Crippen LogP contribution >= 0.6 is 0 Å². The van der Waals surface area contributed by atoms with Crippen LogP contribution in [-0.2, 0) is 0 Å². The summed E-state index contributed by atoms with van der Waals surface area (Å²) in [5.41, 5.74) is 7.36. The van der Waals surface area contributed by atoms with Crippen LogP contribution in [0.4, 0.5) is 0 Å². The highest BCUT2D eigenvalue weighted by atomic mass is 16.6. The summed E-state index contributed by atoms with van der Waals surface area (Å²) in [5, 5.41) is 0. The van der Waals surface area contributed by atoms with E-state index in [9.17, 15) is 0 Å². The van der Waals surface area contributed by atoms with Crippen molar-refractivity contribution in [3.05, 3.63) is 23.8 Å². The van der Waals surface area contributed by atoms with E-state index in [0.717, 1.165) is 29.4 Å². The van der Waals surface area contributed by atoms with Crippen molar-refractivity contribution in [2.75, 3.05) is 13.2 Å². The van der Waals surface area contributed by atoms with Gasteiger partial charge in [-0.2, -0.15) is 0 Å². The molecule has 1 unspecified atom stereocenters. The van der Waals surface area contributed by atoms with Crippen molar-refractivity contribution >= 4 is 0 Å². The number of para-hydroxylation sites is 1. The van der Waals surface area contributed by atoms with E-state index in [4.69, 9.17) is 15.2 Å². The Morgan fingerprint density at radius 2 is 2.06 bits per heavy atom. The minimum Gasteiger partial charge on any atom is -0.486 e. The highest BCUT2D eigenvalue weighted by molar-refractivity contribution is 5.48. The predicted molar refractivity (Wildman–Crippen MR) is 66.3 cm³/mol. The van der Waals surface area contributed by atoms with Gasteiger partial charge in [-0.15, -0.1) is 0 Å². The second-order valence-electron chi connectivity index (χ2n) is 5.00. The van der Waals surface area contributed by atoms with Crippen molar-refractivity contribution in [1.29, 1.82) is 0 Å². The first kappa shape index (κ1) is 10.9. The normalized spacial score (nSPS) is 20.1. The maximum absolute atomic E-state index is 6.26. The molecule has 3 rings (SSSR count). The summed E-state index contributed by atoms with van der Waals surface area (Å²) in [6, 6.07) is 6.09. The van der Waals surface area contributed by atoms with Gasteiger partial charge in [-0.25, -0.2) is 0 Å². The van der Waals surface area contributed by atoms with Gasteiger partial charge in [0.2, 0.25) is 0 Å². The third-order valence-electron chi connectivity index (χ3n) is 3.58. The van der Waals surface area contributed by atoms with Gasteiger partial charge in [0.05, 0.1) is 0 Å². The molecule has 0 amide bonds. The van der Waals surface area contributed by atoms with Gasteiger partial charge in [-0.3, -0.25) is 0 Å². The molecule has 3 nitrogen and oxygen atoms in total. The van der Waals surface area contributed by atoms with Crippen molar-refractivity contribution in [2.24, 2.45) is 11.7 Å². The van der Waals surface area contributed by atoms with Gasteiger partial charge in [-0.1, -0.05) is 25.0 Å². The van der Waals surface area contributed by atoms with Crippen LogP contribution in [0, 0.1) is 5.92 Å². The number of hydrogen-bond acceptors (Lipinski definition) is 3. The molecule has 92 valence electrons. The molecular weight excluding hydrogens is 214 g/mol. The van der Waals surface area contributed by atoms with Gasteiger partial charge in [-0.05, 0) is 24.8 Å². The molecule has 2 N–H and O–H groups in total. The SMILES string of the molecule is NC(CCC1CC1)c1cccc2c1OCCO2. The molecule has 1 heterocycles. The van der Waals surface area contributed by atoms with Crippen LogP contribution < -0.4 is 15.2 Å². The summed E-state index contributed by atoms with van der Waals surface area (Å²) >= 11 is 0. The molecule has 3 heteroatoms. The largest absolute Gasteiger partial charge is 0.486 e. The van der Waals surface area contributed by atoms with Gasteiger partial charge in [0, 0.05) is 11.6 Å². The number of ether oxygens (including phenoxy) is 2. The minimum absolute atomic E-state index is 0.0762. The van der Waals surface area contributed by atoms with E-state index in [1.165, 1.54) is 19.3 Å². The zero-order chi connectivity index (χ0) is 11.7. The molecule has 1 aliphatic heterocycles. The predicted octanol–water partition coefficient (Wildman–Crippen LogP) is 2.65. The minimum atomic E-state index is 0.0762. The molecule has 1 atom stereocenters. The number of fused-ring (bicyclic) bond motifs is 1. The lowest BCUT2D eigenvalue weighted by Gasteiger charge is -2.23. The average molecular weight is 233 g/mol. The van der Waals surface area contributed by atoms with Gasteiger partial charge < -0.3 is 15.2 Å². The number of rotatable bonds is 4. The lowest BCUT2D eigenvalue weighted by atomic mass is 10.00. The van der Waals surface area contributed by atoms with Crippen LogP contribution in [0.5, 0.6) is 11.5 Å². The summed E-state index contributed by atoms with van der Waals surface area (Å²) in [7, 11) is 0. The van der Waals surface area contributed by atoms with Crippen LogP contribution in [-0.4, -0.2) is 13.2 Å². The molecule has 0 aromatic heterocycles. The van der Waals surface area contributed by atoms with Crippen molar-refractivity contribution in [1.82, 2.24) is 0 Å². The van der Waals surface area contributed by atoms with Crippen molar-refractivity contribution in [2.45, 2.75) is 31.7 Å². The first-order valence-electron chi connectivity index (χ1n) is 6.48. The Kier molecular flexibility index (Phi) is 2.93. The quantitative estimate of drug-likeness (QED) is 0.869. The summed E-state index contributed by atoms with van der Waals surface area (Å²) in [6.07, 6.45) is 5.06. The molecule has 0 bridgehead atoms. The fourth-order valence-corrected chi connectivity index (χ4v) is 2.37. The van der Waals surface area contributed by atoms with Crippen LogP contribution in [0.3, 0.4) is 0 Å². The standard InChI is InChI=1S/C14H19NO2/c15-12(7-6-10-4-5-10)11-2-1-3-13-14(11)17-9-8-16-13/h1-3,10,12H,4-9,15H2. The van der Waals surface area contributed by atoms with Gasteiger partial charge in [0.1, 0.15) is 13.2 Å². The van der Waals surface area contributed by atoms with E-state index >= 15 is 0 Å². The van der Waals surface area contributed by atoms with E-state index < -0.39 is 0 Å². The van der Waals surface area contributed by atoms with E-state index in [0.29, 0.717) is 13.2 Å². The zero-order valence-electron chi connectivity index (χ0n) is 10.0. The first-order chi connectivity index (χ1) is 8.34. The Balaban J connectivity index is 1.75. The van der Waals surface area contributed by atoms with Gasteiger partial charge in [0.25, 0.3) is 0 Å². The Morgan fingerprint density at radius 1 is 1.24 bits per heavy atom. The maximum Gasteiger partial charge on any atom is 0.166 e. The summed E-state index contributed by atoms with van der Waals surface area (Å²) in [4.78, 5) is 0. The van der Waals surface area contributed by atoms with Crippen molar-refractivity contribution in [3.8, 4) is 11.5 Å². The molecule has 1 aromatic rings. The number of hydrogen-bond donors (Lipinski definition) is 1. The molecule has 2 aliphatic rings. The molecule has 17 heavy (non-hydrogen) atoms. The number of benzene rings is 1. The fourth-order valence-electron chi connectivity index (χ4n) is 2.37. The highest BCUT2D eigenvalue weighted by Crippen LogP contribution is 2.40. The Morgan fingerprint density at radius 3 is 2.88 bits per heavy atom. The molecule has 1 fully saturated rings. The number of nitrogens with two attached hydrogens (primary N) is 1. The van der Waals surface area contributed by atoms with E-state index in [1.54, 1.807) is 0 Å². The van der Waals surface area contributed by atoms with E-state index in [2.05, 4.69) is 6.07 Å². The van der Waals surface area contributed by atoms with E-state index in [1.807, 2.05) is 12.1 Å². The molecule has 1 aromatic carbocycles. The summed E-state index contributed by atoms with van der Waals surface area (Å²) in [6.45, 7) is 1.26. The van der Waals surface area contributed by atoms with Gasteiger partial charge in [0.15, 0.2) is 11.5 Å². The average Bonchev–Trinajstić information content (AvgIpc) is 3.19. The Hall–Kier alpha value is -1.22. The Bertz CT molecular complexity index is 401. The Labute approximate surface area is 102 Å². The monoisotopic (exact) mass is 233 g/mol. The molecular formula is C14H19NO2. The van der Waals surface area contributed by atoms with Crippen LogP contribution in [0.25, 0.3) is 0 Å². The molecule has 1 aliphatic carbocycles. The summed E-state index contributed by atoms with van der Waals surface area (Å²) < 4.78 is 11.3. The third kappa shape index (κ3) is 2.39. The maximum atomic E-state index is 6.26. The lowest BCUT2D eigenvalue weighted by Crippen LogP contribution is -2.19. The molecule has 0 spiro atoms. The topological polar surface area (TPSA) is 44.5 Å². The highest BCUT2D eigenvalue weighted by Gasteiger charge is 2.24. The molecule has 0 saturated heterocycles. The van der Waals surface area contributed by atoms with Crippen molar-refractivity contribution in [3.63, 3.8) is 0 Å². The lowest BCUT2D eigenvalue weighted by molar-refractivity contribution is 0.169. The van der Waals surface area contributed by atoms with Crippen molar-refractivity contribution < 1.29 is 9.47 Å². The third-order valence-corrected chi connectivity index (χ3v) is 3.58. The smallest absolute Gasteiger partial charge is 0.166 e. The molecule has 0 radical (unpaired) electrons. The van der Waals surface area contributed by atoms with Gasteiger partial charge >= 0.3 is 0 Å². The molecule has 1 saturated carbocycles. The summed E-state index contributed by atoms with van der Waals surface area (Å²) in [5.74, 6) is 2.63. The first-order valence-corrected chi connectivity index (χ1v) is 6.48. The zero-order valence-corrected chi connectivity index (χ0v) is 10.0. The van der Waals surface area contributed by atoms with E-state index in [-0.39, 0.29) is 6.04 Å². The second kappa shape index (κ2) is 4.57. The van der Waals surface area contributed by atoms with Crippen LogP contribution in [0.1, 0.15) is 37.3 Å². The fraction of sp³-hybridized carbons (Fsp3) is 0.571. The van der Waals surface area contributed by atoms with Crippen LogP contribution in [0.2, 0.25) is 0 Å². The second-order valence-corrected chi connectivity index (χ2v) is 5.00. The van der Waals surface area contributed by atoms with Crippen LogP contribution in [0.15, 0.2) is 18.2 Å².